The summed E-state index contributed by atoms with van der Waals surface area (Å²) in [5.74, 6) is -0.858. The number of aliphatic carboxylic acids is 2. The standard InChI is InChI=1S/C35H54O6/c1-20(2)22-11-16-35(30(39)40)18-17-33(7)23(28(22)35)9-10-25-32(6)14-13-26(41-27(36)19-21(3)29(37)38)31(4,5)24(32)12-15-34(25,33)8/h21-26,28H,1,9-19H2,2-8H3,(H,37,38)(H,39,40)/t21-,22+,23-,24+,25-,26+,28-,32+,33-,34-,35+/m1/s1. The normalized spacial score (nSPS) is 47.1. The number of rotatable bonds is 6. The summed E-state index contributed by atoms with van der Waals surface area (Å²) in [4.78, 5) is 36.9. The summed E-state index contributed by atoms with van der Waals surface area (Å²) < 4.78 is 6.04. The van der Waals surface area contributed by atoms with Crippen LogP contribution in [0.5, 0.6) is 0 Å². The lowest BCUT2D eigenvalue weighted by molar-refractivity contribution is -0.250. The molecule has 0 bridgehead atoms. The zero-order valence-corrected chi connectivity index (χ0v) is 26.6. The molecule has 0 radical (unpaired) electrons. The molecule has 0 aromatic rings. The molecule has 0 spiro atoms. The zero-order valence-electron chi connectivity index (χ0n) is 26.6. The minimum absolute atomic E-state index is 0.0888. The lowest BCUT2D eigenvalue weighted by Gasteiger charge is -2.72. The Morgan fingerprint density at radius 3 is 2.15 bits per heavy atom. The molecule has 5 aliphatic rings. The van der Waals surface area contributed by atoms with Crippen molar-refractivity contribution >= 4 is 17.9 Å². The summed E-state index contributed by atoms with van der Waals surface area (Å²) in [5.41, 5.74) is 0.705. The summed E-state index contributed by atoms with van der Waals surface area (Å²) in [7, 11) is 0. The summed E-state index contributed by atoms with van der Waals surface area (Å²) in [6.45, 7) is 20.1. The van der Waals surface area contributed by atoms with Gasteiger partial charge in [0, 0.05) is 5.41 Å². The topological polar surface area (TPSA) is 101 Å². The number of hydrogen-bond donors (Lipinski definition) is 2. The molecule has 0 saturated heterocycles. The van der Waals surface area contributed by atoms with Crippen molar-refractivity contribution in [3.8, 4) is 0 Å². The first-order chi connectivity index (χ1) is 19.0. The highest BCUT2D eigenvalue weighted by Crippen LogP contribution is 2.77. The number of esters is 1. The van der Waals surface area contributed by atoms with E-state index in [9.17, 15) is 24.6 Å². The Hall–Kier alpha value is -1.85. The first kappa shape index (κ1) is 30.6. The van der Waals surface area contributed by atoms with Crippen molar-refractivity contribution in [1.29, 1.82) is 0 Å². The molecule has 5 rings (SSSR count). The third-order valence-corrected chi connectivity index (χ3v) is 14.6. The van der Waals surface area contributed by atoms with Crippen LogP contribution in [0.4, 0.5) is 0 Å². The zero-order chi connectivity index (χ0) is 30.3. The Morgan fingerprint density at radius 1 is 0.854 bits per heavy atom. The predicted molar refractivity (Wildman–Crippen MR) is 158 cm³/mol. The molecular weight excluding hydrogens is 516 g/mol. The largest absolute Gasteiger partial charge is 0.481 e. The molecule has 0 unspecified atom stereocenters. The number of carboxylic acids is 2. The fourth-order valence-electron chi connectivity index (χ4n) is 12.2. The summed E-state index contributed by atoms with van der Waals surface area (Å²) in [6.07, 6.45) is 9.46. The van der Waals surface area contributed by atoms with E-state index in [1.54, 1.807) is 6.92 Å². The number of carbonyl (C=O) groups excluding carboxylic acids is 1. The van der Waals surface area contributed by atoms with Crippen LogP contribution >= 0.6 is 0 Å². The van der Waals surface area contributed by atoms with Crippen LogP contribution < -0.4 is 0 Å². The molecule has 0 aliphatic heterocycles. The van der Waals surface area contributed by atoms with Gasteiger partial charge >= 0.3 is 17.9 Å². The van der Waals surface area contributed by atoms with E-state index in [0.717, 1.165) is 69.8 Å². The number of ether oxygens (including phenoxy) is 1. The van der Waals surface area contributed by atoms with Crippen molar-refractivity contribution in [3.05, 3.63) is 12.2 Å². The fourth-order valence-corrected chi connectivity index (χ4v) is 12.2. The van der Waals surface area contributed by atoms with Crippen LogP contribution in [0.25, 0.3) is 0 Å². The maximum Gasteiger partial charge on any atom is 0.309 e. The lowest BCUT2D eigenvalue weighted by atomic mass is 9.32. The maximum absolute atomic E-state index is 12.9. The molecule has 5 fully saturated rings. The highest BCUT2D eigenvalue weighted by atomic mass is 16.5. The second-order valence-corrected chi connectivity index (χ2v) is 16.4. The van der Waals surface area contributed by atoms with Crippen molar-refractivity contribution in [2.24, 2.45) is 62.6 Å². The second-order valence-electron chi connectivity index (χ2n) is 16.4. The number of fused-ring (bicyclic) bond motifs is 7. The van der Waals surface area contributed by atoms with Gasteiger partial charge < -0.3 is 14.9 Å². The van der Waals surface area contributed by atoms with Gasteiger partial charge in [-0.3, -0.25) is 14.4 Å². The molecule has 11 atom stereocenters. The molecule has 0 aromatic heterocycles. The average molecular weight is 571 g/mol. The van der Waals surface area contributed by atoms with Crippen molar-refractivity contribution in [2.75, 3.05) is 0 Å². The molecule has 230 valence electrons. The van der Waals surface area contributed by atoms with E-state index in [-0.39, 0.29) is 40.1 Å². The van der Waals surface area contributed by atoms with Gasteiger partial charge in [0.25, 0.3) is 0 Å². The Bertz CT molecular complexity index is 1130. The van der Waals surface area contributed by atoms with Gasteiger partial charge in [0.2, 0.25) is 0 Å². The van der Waals surface area contributed by atoms with Crippen LogP contribution in [0.15, 0.2) is 12.2 Å². The van der Waals surface area contributed by atoms with E-state index < -0.39 is 29.2 Å². The van der Waals surface area contributed by atoms with Crippen LogP contribution in [0, 0.1) is 62.6 Å². The molecule has 0 aromatic carbocycles. The van der Waals surface area contributed by atoms with Gasteiger partial charge in [-0.25, -0.2) is 0 Å². The third-order valence-electron chi connectivity index (χ3n) is 14.6. The van der Waals surface area contributed by atoms with Crippen molar-refractivity contribution in [2.45, 2.75) is 125 Å². The number of carboxylic acid groups (broad SMARTS) is 2. The van der Waals surface area contributed by atoms with Crippen LogP contribution in [0.1, 0.15) is 119 Å². The summed E-state index contributed by atoms with van der Waals surface area (Å²) in [6, 6.07) is 0. The van der Waals surface area contributed by atoms with Crippen LogP contribution in [0.2, 0.25) is 0 Å². The van der Waals surface area contributed by atoms with Gasteiger partial charge in [0.05, 0.1) is 17.8 Å². The molecule has 6 nitrogen and oxygen atoms in total. The fraction of sp³-hybridized carbons (Fsp3) is 0.857. The highest BCUT2D eigenvalue weighted by molar-refractivity contribution is 5.78. The SMILES string of the molecule is C=C(C)[C@@H]1CC[C@]2(C(=O)O)CC[C@]3(C)[C@H](CC[C@@H]4[C@@]5(C)CC[C@H](OC(=O)C[C@@H](C)C(=O)O)C(C)(C)[C@@H]5CC[C@]43C)[C@@H]12. The molecule has 2 N–H and O–H groups in total. The van der Waals surface area contributed by atoms with E-state index in [1.807, 2.05) is 0 Å². The number of allylic oxidation sites excluding steroid dienone is 1. The molecule has 5 saturated carbocycles. The van der Waals surface area contributed by atoms with Crippen LogP contribution in [-0.2, 0) is 19.1 Å². The van der Waals surface area contributed by atoms with E-state index >= 15 is 0 Å². The van der Waals surface area contributed by atoms with Gasteiger partial charge in [0.15, 0.2) is 0 Å². The van der Waals surface area contributed by atoms with E-state index in [1.165, 1.54) is 0 Å². The minimum atomic E-state index is -0.969. The average Bonchev–Trinajstić information content (AvgIpc) is 3.27. The highest BCUT2D eigenvalue weighted by Gasteiger charge is 2.72. The predicted octanol–water partition coefficient (Wildman–Crippen LogP) is 7.75. The second kappa shape index (κ2) is 9.84. The Labute approximate surface area is 247 Å². The Morgan fingerprint density at radius 2 is 1.54 bits per heavy atom. The quantitative estimate of drug-likeness (QED) is 0.250. The molecule has 6 heteroatoms. The number of hydrogen-bond acceptors (Lipinski definition) is 4. The van der Waals surface area contributed by atoms with Crippen molar-refractivity contribution in [1.82, 2.24) is 0 Å². The van der Waals surface area contributed by atoms with Crippen LogP contribution in [0.3, 0.4) is 0 Å². The Kier molecular flexibility index (Phi) is 7.34. The molecule has 5 aliphatic carbocycles. The smallest absolute Gasteiger partial charge is 0.309 e. The summed E-state index contributed by atoms with van der Waals surface area (Å²) >= 11 is 0. The minimum Gasteiger partial charge on any atom is -0.481 e. The van der Waals surface area contributed by atoms with Gasteiger partial charge in [0.1, 0.15) is 6.10 Å². The third kappa shape index (κ3) is 4.18. The lowest BCUT2D eigenvalue weighted by Crippen LogP contribution is -2.67. The summed E-state index contributed by atoms with van der Waals surface area (Å²) in [5, 5.41) is 19.8. The van der Waals surface area contributed by atoms with E-state index in [0.29, 0.717) is 23.7 Å². The molecular formula is C35H54O6. The van der Waals surface area contributed by atoms with Gasteiger partial charge in [-0.2, -0.15) is 0 Å². The first-order valence-electron chi connectivity index (χ1n) is 16.3. The van der Waals surface area contributed by atoms with Crippen LogP contribution in [-0.4, -0.2) is 34.2 Å². The van der Waals surface area contributed by atoms with E-state index in [2.05, 4.69) is 48.1 Å². The maximum atomic E-state index is 12.9. The molecule has 41 heavy (non-hydrogen) atoms. The van der Waals surface area contributed by atoms with E-state index in [4.69, 9.17) is 4.74 Å². The number of carbonyl (C=O) groups is 3. The van der Waals surface area contributed by atoms with Gasteiger partial charge in [-0.15, -0.1) is 0 Å². The first-order valence-corrected chi connectivity index (χ1v) is 16.3. The molecule has 0 heterocycles. The molecule has 0 amide bonds. The van der Waals surface area contributed by atoms with Crippen molar-refractivity contribution in [3.63, 3.8) is 0 Å². The van der Waals surface area contributed by atoms with Gasteiger partial charge in [-0.1, -0.05) is 53.7 Å². The van der Waals surface area contributed by atoms with Crippen molar-refractivity contribution < 1.29 is 29.3 Å². The van der Waals surface area contributed by atoms with Gasteiger partial charge in [-0.05, 0) is 117 Å². The Balaban J connectivity index is 1.43. The monoisotopic (exact) mass is 570 g/mol.